The third-order valence-corrected chi connectivity index (χ3v) is 4.30. The summed E-state index contributed by atoms with van der Waals surface area (Å²) in [6.07, 6.45) is 1.19. The predicted molar refractivity (Wildman–Crippen MR) is 73.5 cm³/mol. The summed E-state index contributed by atoms with van der Waals surface area (Å²) in [6, 6.07) is 6.18. The van der Waals surface area contributed by atoms with Crippen molar-refractivity contribution in [1.82, 2.24) is 10.2 Å². The number of likely N-dealkylation sites (tertiary alicyclic amines) is 1. The number of fused-ring (bicyclic) bond motifs is 1. The first-order chi connectivity index (χ1) is 9.19. The molecule has 19 heavy (non-hydrogen) atoms. The molecule has 102 valence electrons. The second kappa shape index (κ2) is 4.85. The SMILES string of the molecule is COc1cc(C(=O)N2C[C@@H]3CCN[C@@H]3C2)ccc1C. The highest BCUT2D eigenvalue weighted by Gasteiger charge is 2.38. The first-order valence-corrected chi connectivity index (χ1v) is 6.86. The molecule has 2 saturated heterocycles. The summed E-state index contributed by atoms with van der Waals surface area (Å²) in [5.41, 5.74) is 1.78. The van der Waals surface area contributed by atoms with Gasteiger partial charge in [-0.25, -0.2) is 0 Å². The van der Waals surface area contributed by atoms with Crippen molar-refractivity contribution < 1.29 is 9.53 Å². The highest BCUT2D eigenvalue weighted by Crippen LogP contribution is 2.27. The maximum Gasteiger partial charge on any atom is 0.254 e. The van der Waals surface area contributed by atoms with Crippen molar-refractivity contribution in [3.05, 3.63) is 29.3 Å². The van der Waals surface area contributed by atoms with E-state index in [2.05, 4.69) is 5.32 Å². The molecule has 0 aromatic heterocycles. The zero-order chi connectivity index (χ0) is 13.4. The lowest BCUT2D eigenvalue weighted by molar-refractivity contribution is 0.0782. The van der Waals surface area contributed by atoms with Crippen molar-refractivity contribution in [2.24, 2.45) is 5.92 Å². The summed E-state index contributed by atoms with van der Waals surface area (Å²) in [5.74, 6) is 1.54. The Bertz CT molecular complexity index is 489. The van der Waals surface area contributed by atoms with E-state index in [-0.39, 0.29) is 5.91 Å². The number of amides is 1. The number of carbonyl (C=O) groups is 1. The standard InChI is InChI=1S/C15H20N2O2/c1-10-3-4-11(7-14(10)19-2)15(18)17-8-12-5-6-16-13(12)9-17/h3-4,7,12-13,16H,5-6,8-9H2,1-2H3/t12-,13+/m0/s1. The van der Waals surface area contributed by atoms with Crippen molar-refractivity contribution in [3.8, 4) is 5.75 Å². The van der Waals surface area contributed by atoms with Crippen LogP contribution in [0, 0.1) is 12.8 Å². The number of carbonyl (C=O) groups excluding carboxylic acids is 1. The Morgan fingerprint density at radius 3 is 3.00 bits per heavy atom. The molecule has 1 N–H and O–H groups in total. The molecule has 2 fully saturated rings. The van der Waals surface area contributed by atoms with Crippen molar-refractivity contribution >= 4 is 5.91 Å². The van der Waals surface area contributed by atoms with Gasteiger partial charge in [0, 0.05) is 24.7 Å². The number of rotatable bonds is 2. The van der Waals surface area contributed by atoms with Crippen LogP contribution >= 0.6 is 0 Å². The number of nitrogens with zero attached hydrogens (tertiary/aromatic N) is 1. The van der Waals surface area contributed by atoms with Crippen LogP contribution in [0.25, 0.3) is 0 Å². The zero-order valence-electron chi connectivity index (χ0n) is 11.5. The van der Waals surface area contributed by atoms with Gasteiger partial charge in [-0.3, -0.25) is 4.79 Å². The number of ether oxygens (including phenoxy) is 1. The number of hydrogen-bond donors (Lipinski definition) is 1. The van der Waals surface area contributed by atoms with Gasteiger partial charge in [-0.05, 0) is 43.5 Å². The molecule has 2 atom stereocenters. The summed E-state index contributed by atoms with van der Waals surface area (Å²) >= 11 is 0. The summed E-state index contributed by atoms with van der Waals surface area (Å²) in [7, 11) is 1.64. The van der Waals surface area contributed by atoms with Crippen molar-refractivity contribution in [1.29, 1.82) is 0 Å². The Kier molecular flexibility index (Phi) is 3.19. The molecule has 0 radical (unpaired) electrons. The Labute approximate surface area is 113 Å². The maximum atomic E-state index is 12.5. The summed E-state index contributed by atoms with van der Waals surface area (Å²) in [4.78, 5) is 14.5. The molecule has 4 nitrogen and oxygen atoms in total. The molecule has 0 aliphatic carbocycles. The molecule has 0 spiro atoms. The number of benzene rings is 1. The molecule has 2 aliphatic heterocycles. The molecule has 1 amide bonds. The van der Waals surface area contributed by atoms with Gasteiger partial charge >= 0.3 is 0 Å². The Morgan fingerprint density at radius 1 is 1.42 bits per heavy atom. The van der Waals surface area contributed by atoms with Gasteiger partial charge in [0.2, 0.25) is 0 Å². The van der Waals surface area contributed by atoms with E-state index in [0.717, 1.165) is 36.5 Å². The highest BCUT2D eigenvalue weighted by atomic mass is 16.5. The minimum atomic E-state index is 0.120. The monoisotopic (exact) mass is 260 g/mol. The fraction of sp³-hybridized carbons (Fsp3) is 0.533. The largest absolute Gasteiger partial charge is 0.496 e. The lowest BCUT2D eigenvalue weighted by atomic mass is 10.1. The maximum absolute atomic E-state index is 12.5. The number of aryl methyl sites for hydroxylation is 1. The van der Waals surface area contributed by atoms with Gasteiger partial charge in [-0.1, -0.05) is 6.07 Å². The fourth-order valence-corrected chi connectivity index (χ4v) is 3.15. The first-order valence-electron chi connectivity index (χ1n) is 6.86. The predicted octanol–water partition coefficient (Wildman–Crippen LogP) is 1.44. The Balaban J connectivity index is 1.77. The molecule has 1 aromatic carbocycles. The smallest absolute Gasteiger partial charge is 0.254 e. The van der Waals surface area contributed by atoms with Gasteiger partial charge in [-0.2, -0.15) is 0 Å². The molecule has 3 rings (SSSR count). The molecular formula is C15H20N2O2. The quantitative estimate of drug-likeness (QED) is 0.875. The molecule has 0 bridgehead atoms. The van der Waals surface area contributed by atoms with Crippen LogP contribution in [0.15, 0.2) is 18.2 Å². The van der Waals surface area contributed by atoms with Crippen molar-refractivity contribution in [2.75, 3.05) is 26.7 Å². The van der Waals surface area contributed by atoms with Gasteiger partial charge in [0.05, 0.1) is 7.11 Å². The second-order valence-corrected chi connectivity index (χ2v) is 5.50. The average molecular weight is 260 g/mol. The van der Waals surface area contributed by atoms with Gasteiger partial charge in [0.25, 0.3) is 5.91 Å². The number of methoxy groups -OCH3 is 1. The lowest BCUT2D eigenvalue weighted by Gasteiger charge is -2.18. The lowest BCUT2D eigenvalue weighted by Crippen LogP contribution is -2.33. The van der Waals surface area contributed by atoms with Gasteiger partial charge in [-0.15, -0.1) is 0 Å². The molecular weight excluding hydrogens is 240 g/mol. The van der Waals surface area contributed by atoms with Crippen LogP contribution in [-0.2, 0) is 0 Å². The third-order valence-electron chi connectivity index (χ3n) is 4.30. The van der Waals surface area contributed by atoms with Crippen molar-refractivity contribution in [3.63, 3.8) is 0 Å². The van der Waals surface area contributed by atoms with E-state index in [1.807, 2.05) is 30.0 Å². The van der Waals surface area contributed by atoms with Crippen LogP contribution in [0.2, 0.25) is 0 Å². The van der Waals surface area contributed by atoms with Crippen LogP contribution in [0.3, 0.4) is 0 Å². The second-order valence-electron chi connectivity index (χ2n) is 5.50. The molecule has 2 heterocycles. The normalized spacial score (nSPS) is 25.5. The third kappa shape index (κ3) is 2.21. The number of nitrogens with one attached hydrogen (secondary N) is 1. The molecule has 0 unspecified atom stereocenters. The van der Waals surface area contributed by atoms with E-state index < -0.39 is 0 Å². The Morgan fingerprint density at radius 2 is 2.26 bits per heavy atom. The molecule has 2 aliphatic rings. The zero-order valence-corrected chi connectivity index (χ0v) is 11.5. The van der Waals surface area contributed by atoms with E-state index in [4.69, 9.17) is 4.74 Å². The topological polar surface area (TPSA) is 41.6 Å². The van der Waals surface area contributed by atoms with Crippen LogP contribution in [-0.4, -0.2) is 43.6 Å². The van der Waals surface area contributed by atoms with E-state index in [9.17, 15) is 4.79 Å². The van der Waals surface area contributed by atoms with E-state index in [1.54, 1.807) is 7.11 Å². The molecule has 0 saturated carbocycles. The van der Waals surface area contributed by atoms with Gasteiger partial charge in [0.1, 0.15) is 5.75 Å². The first kappa shape index (κ1) is 12.5. The summed E-state index contributed by atoms with van der Waals surface area (Å²) in [6.45, 7) is 4.79. The van der Waals surface area contributed by atoms with E-state index in [0.29, 0.717) is 12.0 Å². The number of hydrogen-bond acceptors (Lipinski definition) is 3. The summed E-state index contributed by atoms with van der Waals surface area (Å²) < 4.78 is 5.29. The average Bonchev–Trinajstić information content (AvgIpc) is 2.99. The molecule has 4 heteroatoms. The van der Waals surface area contributed by atoms with Crippen LogP contribution in [0.1, 0.15) is 22.3 Å². The molecule has 1 aromatic rings. The van der Waals surface area contributed by atoms with E-state index >= 15 is 0 Å². The van der Waals surface area contributed by atoms with Crippen LogP contribution in [0.4, 0.5) is 0 Å². The van der Waals surface area contributed by atoms with Gasteiger partial charge < -0.3 is 15.0 Å². The minimum absolute atomic E-state index is 0.120. The fourth-order valence-electron chi connectivity index (χ4n) is 3.15. The Hall–Kier alpha value is -1.55. The van der Waals surface area contributed by atoms with Crippen LogP contribution < -0.4 is 10.1 Å². The van der Waals surface area contributed by atoms with Crippen molar-refractivity contribution in [2.45, 2.75) is 19.4 Å². The highest BCUT2D eigenvalue weighted by molar-refractivity contribution is 5.95. The van der Waals surface area contributed by atoms with E-state index in [1.165, 1.54) is 6.42 Å². The minimum Gasteiger partial charge on any atom is -0.496 e. The van der Waals surface area contributed by atoms with Gasteiger partial charge in [0.15, 0.2) is 0 Å². The summed E-state index contributed by atoms with van der Waals surface area (Å²) in [5, 5.41) is 3.47. The van der Waals surface area contributed by atoms with Crippen LogP contribution in [0.5, 0.6) is 5.75 Å².